The number of aryl methyl sites for hydroxylation is 1. The zero-order chi connectivity index (χ0) is 17.2. The topological polar surface area (TPSA) is 33.1 Å². The Bertz CT molecular complexity index is 860. The van der Waals surface area contributed by atoms with Gasteiger partial charge in [0.1, 0.15) is 6.04 Å². The van der Waals surface area contributed by atoms with Gasteiger partial charge in [-0.05, 0) is 55.5 Å². The molecule has 3 aromatic rings. The van der Waals surface area contributed by atoms with Crippen LogP contribution in [0.4, 0.5) is 5.69 Å². The fourth-order valence-electron chi connectivity index (χ4n) is 3.51. The van der Waals surface area contributed by atoms with Gasteiger partial charge in [0.25, 0.3) is 0 Å². The molecular formula is C20H20N4S. The van der Waals surface area contributed by atoms with Crippen LogP contribution in [-0.2, 0) is 6.54 Å². The third-order valence-corrected chi connectivity index (χ3v) is 4.96. The molecule has 5 heteroatoms. The van der Waals surface area contributed by atoms with Gasteiger partial charge in [0.2, 0.25) is 0 Å². The molecular weight excluding hydrogens is 328 g/mol. The van der Waals surface area contributed by atoms with Crippen LogP contribution in [0.1, 0.15) is 30.4 Å². The third kappa shape index (κ3) is 2.81. The molecule has 1 aliphatic heterocycles. The molecule has 1 saturated heterocycles. The first-order chi connectivity index (χ1) is 12.3. The Morgan fingerprint density at radius 3 is 2.56 bits per heavy atom. The number of nitrogens with one attached hydrogen (secondary N) is 1. The smallest absolute Gasteiger partial charge is 0.174 e. The molecule has 4 rings (SSSR count). The predicted molar refractivity (Wildman–Crippen MR) is 104 cm³/mol. The summed E-state index contributed by atoms with van der Waals surface area (Å²) in [6.07, 6.45) is 3.95. The van der Waals surface area contributed by atoms with Crippen LogP contribution in [0.25, 0.3) is 0 Å². The molecule has 0 saturated carbocycles. The van der Waals surface area contributed by atoms with Crippen molar-refractivity contribution in [3.63, 3.8) is 0 Å². The van der Waals surface area contributed by atoms with Crippen LogP contribution in [0.3, 0.4) is 0 Å². The molecule has 1 aliphatic rings. The van der Waals surface area contributed by atoms with E-state index in [-0.39, 0.29) is 12.1 Å². The highest BCUT2D eigenvalue weighted by molar-refractivity contribution is 7.80. The van der Waals surface area contributed by atoms with Gasteiger partial charge in [-0.25, -0.2) is 0 Å². The minimum atomic E-state index is 0.00843. The van der Waals surface area contributed by atoms with E-state index in [1.807, 2.05) is 36.5 Å². The van der Waals surface area contributed by atoms with Gasteiger partial charge in [0.05, 0.1) is 11.7 Å². The van der Waals surface area contributed by atoms with Crippen molar-refractivity contribution in [2.75, 3.05) is 4.90 Å². The monoisotopic (exact) mass is 348 g/mol. The zero-order valence-electron chi connectivity index (χ0n) is 14.0. The summed E-state index contributed by atoms with van der Waals surface area (Å²) in [4.78, 5) is 6.79. The number of aromatic nitrogens is 2. The van der Waals surface area contributed by atoms with E-state index in [2.05, 4.69) is 63.2 Å². The summed E-state index contributed by atoms with van der Waals surface area (Å²) in [6.45, 7) is 3.08. The molecule has 0 spiro atoms. The summed E-state index contributed by atoms with van der Waals surface area (Å²) in [5.41, 5.74) is 3.32. The van der Waals surface area contributed by atoms with Crippen LogP contribution in [-0.4, -0.2) is 14.7 Å². The largest absolute Gasteiger partial charge is 0.351 e. The molecule has 0 unspecified atom stereocenters. The Morgan fingerprint density at radius 1 is 1.04 bits per heavy atom. The van der Waals surface area contributed by atoms with Gasteiger partial charge in [-0.2, -0.15) is 0 Å². The molecule has 4 nitrogen and oxygen atoms in total. The van der Waals surface area contributed by atoms with E-state index < -0.39 is 0 Å². The number of thiocarbonyl (C=S) groups is 1. The summed E-state index contributed by atoms with van der Waals surface area (Å²) in [5.74, 6) is 0. The number of benzene rings is 1. The molecule has 1 fully saturated rings. The summed E-state index contributed by atoms with van der Waals surface area (Å²) in [6, 6.07) is 20.7. The lowest BCUT2D eigenvalue weighted by molar-refractivity contribution is 0.529. The van der Waals surface area contributed by atoms with Crippen molar-refractivity contribution < 1.29 is 0 Å². The SMILES string of the molecule is CCn1cccc1[C@@H]1[C@H](c2ccccn2)NC(=S)N1c1ccccc1. The molecule has 2 aromatic heterocycles. The van der Waals surface area contributed by atoms with E-state index in [4.69, 9.17) is 12.2 Å². The minimum absolute atomic E-state index is 0.00843. The number of pyridine rings is 1. The first-order valence-electron chi connectivity index (χ1n) is 8.50. The van der Waals surface area contributed by atoms with E-state index >= 15 is 0 Å². The number of hydrogen-bond donors (Lipinski definition) is 1. The Morgan fingerprint density at radius 2 is 1.84 bits per heavy atom. The van der Waals surface area contributed by atoms with E-state index in [0.717, 1.165) is 23.0 Å². The van der Waals surface area contributed by atoms with Gasteiger partial charge < -0.3 is 14.8 Å². The van der Waals surface area contributed by atoms with Crippen LogP contribution >= 0.6 is 12.2 Å². The maximum atomic E-state index is 5.71. The minimum Gasteiger partial charge on any atom is -0.351 e. The molecule has 0 amide bonds. The average molecular weight is 348 g/mol. The lowest BCUT2D eigenvalue weighted by atomic mass is 10.0. The molecule has 25 heavy (non-hydrogen) atoms. The molecule has 3 heterocycles. The van der Waals surface area contributed by atoms with Gasteiger partial charge >= 0.3 is 0 Å². The standard InChI is InChI=1S/C20H20N4S/c1-2-23-14-8-12-17(23)19-18(16-11-6-7-13-21-16)22-20(25)24(19)15-9-4-3-5-10-15/h3-14,18-19H,2H2,1H3,(H,22,25)/t18-,19+/m0/s1. The van der Waals surface area contributed by atoms with E-state index in [0.29, 0.717) is 0 Å². The van der Waals surface area contributed by atoms with Gasteiger partial charge in [-0.3, -0.25) is 4.98 Å². The number of hydrogen-bond acceptors (Lipinski definition) is 2. The second kappa shape index (κ2) is 6.69. The normalized spacial score (nSPS) is 19.9. The Kier molecular flexibility index (Phi) is 4.24. The van der Waals surface area contributed by atoms with E-state index in [9.17, 15) is 0 Å². The average Bonchev–Trinajstić information content (AvgIpc) is 3.26. The number of para-hydroxylation sites is 1. The predicted octanol–water partition coefficient (Wildman–Crippen LogP) is 4.08. The highest BCUT2D eigenvalue weighted by atomic mass is 32.1. The first kappa shape index (κ1) is 15.8. The quantitative estimate of drug-likeness (QED) is 0.720. The molecule has 1 aromatic carbocycles. The van der Waals surface area contributed by atoms with Crippen molar-refractivity contribution >= 4 is 23.0 Å². The zero-order valence-corrected chi connectivity index (χ0v) is 14.9. The highest BCUT2D eigenvalue weighted by Crippen LogP contribution is 2.41. The third-order valence-electron chi connectivity index (χ3n) is 4.64. The maximum Gasteiger partial charge on any atom is 0.174 e. The Labute approximate surface area is 153 Å². The molecule has 1 N–H and O–H groups in total. The summed E-state index contributed by atoms with van der Waals surface area (Å²) in [5, 5.41) is 4.22. The van der Waals surface area contributed by atoms with Crippen LogP contribution in [0.15, 0.2) is 73.1 Å². The van der Waals surface area contributed by atoms with Crippen LogP contribution in [0, 0.1) is 0 Å². The number of anilines is 1. The maximum absolute atomic E-state index is 5.71. The lowest BCUT2D eigenvalue weighted by Crippen LogP contribution is -2.30. The number of rotatable bonds is 4. The van der Waals surface area contributed by atoms with Crippen molar-refractivity contribution in [2.24, 2.45) is 0 Å². The summed E-state index contributed by atoms with van der Waals surface area (Å²) >= 11 is 5.71. The van der Waals surface area contributed by atoms with Gasteiger partial charge in [0.15, 0.2) is 5.11 Å². The second-order valence-corrected chi connectivity index (χ2v) is 6.44. The van der Waals surface area contributed by atoms with E-state index in [1.54, 1.807) is 0 Å². The van der Waals surface area contributed by atoms with Crippen LogP contribution in [0.5, 0.6) is 0 Å². The van der Waals surface area contributed by atoms with Crippen molar-refractivity contribution in [1.29, 1.82) is 0 Å². The lowest BCUT2D eigenvalue weighted by Gasteiger charge is -2.28. The molecule has 126 valence electrons. The Hall–Kier alpha value is -2.66. The second-order valence-electron chi connectivity index (χ2n) is 6.05. The van der Waals surface area contributed by atoms with Gasteiger partial charge in [-0.1, -0.05) is 24.3 Å². The highest BCUT2D eigenvalue weighted by Gasteiger charge is 2.41. The van der Waals surface area contributed by atoms with Crippen LogP contribution < -0.4 is 10.2 Å². The van der Waals surface area contributed by atoms with Crippen molar-refractivity contribution in [1.82, 2.24) is 14.9 Å². The van der Waals surface area contributed by atoms with Crippen molar-refractivity contribution in [2.45, 2.75) is 25.6 Å². The number of nitrogens with zero attached hydrogens (tertiary/aromatic N) is 3. The fraction of sp³-hybridized carbons (Fsp3) is 0.200. The molecule has 0 aliphatic carbocycles. The molecule has 2 atom stereocenters. The van der Waals surface area contributed by atoms with Crippen molar-refractivity contribution in [3.8, 4) is 0 Å². The Balaban J connectivity index is 1.85. The van der Waals surface area contributed by atoms with Gasteiger partial charge in [0, 0.05) is 30.3 Å². The van der Waals surface area contributed by atoms with E-state index in [1.165, 1.54) is 5.69 Å². The van der Waals surface area contributed by atoms with Gasteiger partial charge in [-0.15, -0.1) is 0 Å². The fourth-order valence-corrected chi connectivity index (χ4v) is 3.85. The van der Waals surface area contributed by atoms with Crippen molar-refractivity contribution in [3.05, 3.63) is 84.4 Å². The van der Waals surface area contributed by atoms with Crippen LogP contribution in [0.2, 0.25) is 0 Å². The molecule has 0 bridgehead atoms. The molecule has 0 radical (unpaired) electrons. The summed E-state index contributed by atoms with van der Waals surface area (Å²) in [7, 11) is 0. The summed E-state index contributed by atoms with van der Waals surface area (Å²) < 4.78 is 2.27. The first-order valence-corrected chi connectivity index (χ1v) is 8.91.